The van der Waals surface area contributed by atoms with Crippen LogP contribution < -0.4 is 10.6 Å². The second-order valence-electron chi connectivity index (χ2n) is 7.34. The third-order valence-corrected chi connectivity index (χ3v) is 5.08. The van der Waals surface area contributed by atoms with Gasteiger partial charge in [0.2, 0.25) is 5.91 Å². The highest BCUT2D eigenvalue weighted by Crippen LogP contribution is 2.27. The molecule has 3 aromatic rings. The predicted octanol–water partition coefficient (Wildman–Crippen LogP) is 1.91. The first-order valence-electron chi connectivity index (χ1n) is 10.0. The zero-order valence-corrected chi connectivity index (χ0v) is 17.0. The van der Waals surface area contributed by atoms with E-state index in [9.17, 15) is 18.4 Å². The summed E-state index contributed by atoms with van der Waals surface area (Å²) >= 11 is 0. The number of benzene rings is 2. The van der Waals surface area contributed by atoms with Crippen LogP contribution in [0.25, 0.3) is 11.4 Å². The number of aliphatic hydroxyl groups is 1. The van der Waals surface area contributed by atoms with Crippen LogP contribution in [0, 0.1) is 11.6 Å². The quantitative estimate of drug-likeness (QED) is 0.523. The fraction of sp³-hybridized carbons (Fsp3) is 0.217. The zero-order chi connectivity index (χ0) is 22.7. The topological polar surface area (TPSA) is 104 Å². The summed E-state index contributed by atoms with van der Waals surface area (Å²) in [5, 5.41) is 14.0. The third kappa shape index (κ3) is 4.47. The van der Waals surface area contributed by atoms with Gasteiger partial charge in [-0.25, -0.2) is 18.7 Å². The molecule has 0 spiro atoms. The van der Waals surface area contributed by atoms with Crippen molar-refractivity contribution in [1.29, 1.82) is 0 Å². The minimum absolute atomic E-state index is 0.108. The van der Waals surface area contributed by atoms with E-state index in [0.717, 1.165) is 23.3 Å². The Morgan fingerprint density at radius 3 is 2.41 bits per heavy atom. The molecule has 0 fully saturated rings. The summed E-state index contributed by atoms with van der Waals surface area (Å²) in [5.74, 6) is -2.20. The van der Waals surface area contributed by atoms with Crippen LogP contribution >= 0.6 is 0 Å². The average molecular weight is 438 g/mol. The highest BCUT2D eigenvalue weighted by Gasteiger charge is 2.28. The van der Waals surface area contributed by atoms with Crippen molar-refractivity contribution in [3.63, 3.8) is 0 Å². The summed E-state index contributed by atoms with van der Waals surface area (Å²) in [5.41, 5.74) is 2.35. The Morgan fingerprint density at radius 1 is 1.03 bits per heavy atom. The van der Waals surface area contributed by atoms with Crippen LogP contribution in [-0.2, 0) is 24.2 Å². The van der Waals surface area contributed by atoms with E-state index in [1.165, 1.54) is 6.07 Å². The number of aliphatic hydroxyl groups excluding tert-OH is 1. The van der Waals surface area contributed by atoms with E-state index < -0.39 is 11.6 Å². The number of fused-ring (bicyclic) bond motifs is 1. The molecule has 0 radical (unpaired) electrons. The van der Waals surface area contributed by atoms with Crippen LogP contribution in [0.2, 0.25) is 0 Å². The monoisotopic (exact) mass is 438 g/mol. The molecule has 32 heavy (non-hydrogen) atoms. The van der Waals surface area contributed by atoms with Gasteiger partial charge >= 0.3 is 0 Å². The van der Waals surface area contributed by atoms with E-state index in [4.69, 9.17) is 5.11 Å². The van der Waals surface area contributed by atoms with Crippen LogP contribution in [0.1, 0.15) is 32.9 Å². The first-order chi connectivity index (χ1) is 15.5. The Kier molecular flexibility index (Phi) is 6.18. The minimum Gasteiger partial charge on any atom is -0.395 e. The number of hydrogen-bond acceptors (Lipinski definition) is 5. The molecule has 1 aliphatic heterocycles. The van der Waals surface area contributed by atoms with Crippen LogP contribution in [0.15, 0.2) is 42.5 Å². The molecule has 2 amide bonds. The maximum atomic E-state index is 14.3. The number of hydrogen-bond donors (Lipinski definition) is 3. The van der Waals surface area contributed by atoms with Crippen molar-refractivity contribution in [3.05, 3.63) is 82.2 Å². The van der Waals surface area contributed by atoms with Gasteiger partial charge in [0.15, 0.2) is 5.82 Å². The SMILES string of the molecule is O=C(Cc1ccc(Cc2nc(-c3c(F)cccc3F)nc3c2C(=O)NC3)cc1)NCCO. The molecule has 164 valence electrons. The lowest BCUT2D eigenvalue weighted by atomic mass is 10.0. The first kappa shape index (κ1) is 21.5. The smallest absolute Gasteiger partial charge is 0.255 e. The highest BCUT2D eigenvalue weighted by atomic mass is 19.1. The molecule has 0 bridgehead atoms. The minimum atomic E-state index is -0.781. The molecule has 0 aliphatic carbocycles. The second-order valence-corrected chi connectivity index (χ2v) is 7.34. The van der Waals surface area contributed by atoms with Crippen LogP contribution in [0.5, 0.6) is 0 Å². The fourth-order valence-corrected chi connectivity index (χ4v) is 3.56. The molecule has 1 aromatic heterocycles. The zero-order valence-electron chi connectivity index (χ0n) is 17.0. The molecule has 3 N–H and O–H groups in total. The highest BCUT2D eigenvalue weighted by molar-refractivity contribution is 5.99. The Labute approximate surface area is 182 Å². The largest absolute Gasteiger partial charge is 0.395 e. The summed E-state index contributed by atoms with van der Waals surface area (Å²) in [6, 6.07) is 10.7. The van der Waals surface area contributed by atoms with Crippen LogP contribution in [-0.4, -0.2) is 40.0 Å². The molecule has 0 unspecified atom stereocenters. The van der Waals surface area contributed by atoms with Crippen molar-refractivity contribution in [1.82, 2.24) is 20.6 Å². The van der Waals surface area contributed by atoms with Gasteiger partial charge in [-0.3, -0.25) is 9.59 Å². The lowest BCUT2D eigenvalue weighted by molar-refractivity contribution is -0.120. The van der Waals surface area contributed by atoms with E-state index in [1.807, 2.05) is 0 Å². The second kappa shape index (κ2) is 9.19. The molecule has 0 saturated carbocycles. The van der Waals surface area contributed by atoms with Gasteiger partial charge in [-0.05, 0) is 23.3 Å². The average Bonchev–Trinajstić information content (AvgIpc) is 3.14. The number of nitrogens with one attached hydrogen (secondary N) is 2. The number of nitrogens with zero attached hydrogens (tertiary/aromatic N) is 2. The summed E-state index contributed by atoms with van der Waals surface area (Å²) in [7, 11) is 0. The van der Waals surface area contributed by atoms with Gasteiger partial charge in [0.05, 0.1) is 42.1 Å². The molecule has 0 saturated heterocycles. The van der Waals surface area contributed by atoms with Crippen molar-refractivity contribution in [2.45, 2.75) is 19.4 Å². The van der Waals surface area contributed by atoms with Gasteiger partial charge in [-0.15, -0.1) is 0 Å². The van der Waals surface area contributed by atoms with Crippen molar-refractivity contribution in [3.8, 4) is 11.4 Å². The number of carbonyl (C=O) groups is 2. The molecule has 0 atom stereocenters. The number of rotatable bonds is 7. The maximum absolute atomic E-state index is 14.3. The van der Waals surface area contributed by atoms with E-state index in [1.54, 1.807) is 24.3 Å². The van der Waals surface area contributed by atoms with Gasteiger partial charge < -0.3 is 15.7 Å². The van der Waals surface area contributed by atoms with Gasteiger partial charge in [0.25, 0.3) is 5.91 Å². The molecular weight excluding hydrogens is 418 g/mol. The Morgan fingerprint density at radius 2 is 1.72 bits per heavy atom. The summed E-state index contributed by atoms with van der Waals surface area (Å²) in [4.78, 5) is 32.7. The molecule has 4 rings (SSSR count). The fourth-order valence-electron chi connectivity index (χ4n) is 3.56. The number of halogens is 2. The molecule has 9 heteroatoms. The van der Waals surface area contributed by atoms with E-state index >= 15 is 0 Å². The Hall–Kier alpha value is -3.72. The molecule has 2 aromatic carbocycles. The first-order valence-corrected chi connectivity index (χ1v) is 10.0. The lowest BCUT2D eigenvalue weighted by Gasteiger charge is -2.11. The molecule has 2 heterocycles. The summed E-state index contributed by atoms with van der Waals surface area (Å²) in [6.07, 6.45) is 0.417. The van der Waals surface area contributed by atoms with Gasteiger partial charge in [-0.2, -0.15) is 0 Å². The van der Waals surface area contributed by atoms with Crippen molar-refractivity contribution >= 4 is 11.8 Å². The van der Waals surface area contributed by atoms with Gasteiger partial charge in [0.1, 0.15) is 11.6 Å². The molecule has 1 aliphatic rings. The Balaban J connectivity index is 1.63. The summed E-state index contributed by atoms with van der Waals surface area (Å²) in [6.45, 7) is 0.234. The predicted molar refractivity (Wildman–Crippen MR) is 112 cm³/mol. The molecule has 7 nitrogen and oxygen atoms in total. The number of amides is 2. The molecular formula is C23H20F2N4O3. The van der Waals surface area contributed by atoms with Crippen molar-refractivity contribution in [2.75, 3.05) is 13.2 Å². The normalized spacial score (nSPS) is 12.4. The van der Waals surface area contributed by atoms with E-state index in [-0.39, 0.29) is 55.7 Å². The number of aromatic nitrogens is 2. The van der Waals surface area contributed by atoms with Gasteiger partial charge in [0, 0.05) is 13.0 Å². The van der Waals surface area contributed by atoms with Gasteiger partial charge in [-0.1, -0.05) is 30.3 Å². The summed E-state index contributed by atoms with van der Waals surface area (Å²) < 4.78 is 28.6. The maximum Gasteiger partial charge on any atom is 0.255 e. The van der Waals surface area contributed by atoms with E-state index in [2.05, 4.69) is 20.6 Å². The van der Waals surface area contributed by atoms with Crippen LogP contribution in [0.3, 0.4) is 0 Å². The standard InChI is InChI=1S/C23H20F2N4O3/c24-15-2-1-3-16(25)20(15)22-28-17(21-18(29-22)12-27-23(21)32)10-13-4-6-14(7-5-13)11-19(31)26-8-9-30/h1-7,30H,8-12H2,(H,26,31)(H,27,32). The third-order valence-electron chi connectivity index (χ3n) is 5.08. The lowest BCUT2D eigenvalue weighted by Crippen LogP contribution is -2.27. The number of carbonyl (C=O) groups excluding carboxylic acids is 2. The van der Waals surface area contributed by atoms with Crippen molar-refractivity contribution < 1.29 is 23.5 Å². The van der Waals surface area contributed by atoms with Crippen molar-refractivity contribution in [2.24, 2.45) is 0 Å². The van der Waals surface area contributed by atoms with Crippen LogP contribution in [0.4, 0.5) is 8.78 Å². The van der Waals surface area contributed by atoms with E-state index in [0.29, 0.717) is 17.0 Å². The Bertz CT molecular complexity index is 1160.